The van der Waals surface area contributed by atoms with Crippen LogP contribution in [0, 0.1) is 0 Å². The van der Waals surface area contributed by atoms with Gasteiger partial charge in [0.05, 0.1) is 12.7 Å². The van der Waals surface area contributed by atoms with Gasteiger partial charge in [-0.05, 0) is 58.6 Å². The second kappa shape index (κ2) is 6.52. The van der Waals surface area contributed by atoms with Crippen LogP contribution in [0.15, 0.2) is 15.9 Å². The Morgan fingerprint density at radius 2 is 2.09 bits per heavy atom. The minimum absolute atomic E-state index is 0.203. The van der Waals surface area contributed by atoms with Gasteiger partial charge in [0.2, 0.25) is 0 Å². The highest BCUT2D eigenvalue weighted by Gasteiger charge is 2.27. The molecule has 3 rings (SSSR count). The maximum absolute atomic E-state index is 12.4. The molecule has 1 amide bonds. The first-order valence-electron chi connectivity index (χ1n) is 6.89. The highest BCUT2D eigenvalue weighted by molar-refractivity contribution is 9.10. The summed E-state index contributed by atoms with van der Waals surface area (Å²) in [6, 6.07) is 1.83. The van der Waals surface area contributed by atoms with Crippen molar-refractivity contribution >= 4 is 55.5 Å². The largest absolute Gasteiger partial charge is 0.465 e. The van der Waals surface area contributed by atoms with E-state index in [1.807, 2.05) is 11.4 Å². The lowest BCUT2D eigenvalue weighted by Crippen LogP contribution is -2.14. The van der Waals surface area contributed by atoms with E-state index in [1.165, 1.54) is 34.7 Å². The molecule has 0 radical (unpaired) electrons. The van der Waals surface area contributed by atoms with Gasteiger partial charge < -0.3 is 10.1 Å². The topological polar surface area (TPSA) is 55.4 Å². The molecule has 2 aromatic heterocycles. The molecular formula is C15H14BrNO3S2. The molecule has 1 aliphatic rings. The van der Waals surface area contributed by atoms with Crippen LogP contribution in [0.1, 0.15) is 43.3 Å². The van der Waals surface area contributed by atoms with E-state index < -0.39 is 0 Å². The molecule has 2 aromatic rings. The van der Waals surface area contributed by atoms with Crippen molar-refractivity contribution in [3.8, 4) is 0 Å². The molecule has 7 heteroatoms. The van der Waals surface area contributed by atoms with Crippen LogP contribution in [0.25, 0.3) is 0 Å². The van der Waals surface area contributed by atoms with Crippen LogP contribution < -0.4 is 5.32 Å². The molecule has 2 heterocycles. The lowest BCUT2D eigenvalue weighted by molar-refractivity contribution is 0.0601. The predicted molar refractivity (Wildman–Crippen MR) is 92.3 cm³/mol. The highest BCUT2D eigenvalue weighted by atomic mass is 79.9. The van der Waals surface area contributed by atoms with Crippen molar-refractivity contribution in [2.24, 2.45) is 0 Å². The summed E-state index contributed by atoms with van der Waals surface area (Å²) in [5.74, 6) is -0.578. The summed E-state index contributed by atoms with van der Waals surface area (Å²) in [7, 11) is 1.37. The number of ether oxygens (including phenoxy) is 1. The van der Waals surface area contributed by atoms with Gasteiger partial charge in [-0.3, -0.25) is 4.79 Å². The Morgan fingerprint density at radius 3 is 2.77 bits per heavy atom. The maximum Gasteiger partial charge on any atom is 0.341 e. The van der Waals surface area contributed by atoms with Crippen molar-refractivity contribution in [1.29, 1.82) is 0 Å². The summed E-state index contributed by atoms with van der Waals surface area (Å²) >= 11 is 6.21. The molecule has 0 atom stereocenters. The summed E-state index contributed by atoms with van der Waals surface area (Å²) < 4.78 is 5.67. The number of carbonyl (C=O) groups is 2. The highest BCUT2D eigenvalue weighted by Crippen LogP contribution is 2.39. The van der Waals surface area contributed by atoms with E-state index in [4.69, 9.17) is 4.74 Å². The SMILES string of the molecule is COC(=O)c1c(NC(=O)c2sccc2Br)sc2c1CCCC2. The molecule has 0 saturated carbocycles. The number of fused-ring (bicyclic) bond motifs is 1. The Labute approximate surface area is 144 Å². The van der Waals surface area contributed by atoms with E-state index in [2.05, 4.69) is 21.2 Å². The fraction of sp³-hybridized carbons (Fsp3) is 0.333. The number of carbonyl (C=O) groups excluding carboxylic acids is 2. The van der Waals surface area contributed by atoms with E-state index >= 15 is 0 Å². The van der Waals surface area contributed by atoms with Gasteiger partial charge in [0.1, 0.15) is 9.88 Å². The third-order valence-electron chi connectivity index (χ3n) is 3.61. The molecule has 0 aromatic carbocycles. The van der Waals surface area contributed by atoms with E-state index in [9.17, 15) is 9.59 Å². The molecular weight excluding hydrogens is 386 g/mol. The first kappa shape index (κ1) is 15.7. The normalized spacial score (nSPS) is 13.5. The number of thiophene rings is 2. The zero-order valence-electron chi connectivity index (χ0n) is 11.9. The summed E-state index contributed by atoms with van der Waals surface area (Å²) in [6.07, 6.45) is 4.02. The number of methoxy groups -OCH3 is 1. The Balaban J connectivity index is 1.96. The van der Waals surface area contributed by atoms with Crippen LogP contribution in [-0.2, 0) is 17.6 Å². The first-order valence-corrected chi connectivity index (χ1v) is 9.38. The van der Waals surface area contributed by atoms with Crippen molar-refractivity contribution in [2.45, 2.75) is 25.7 Å². The van der Waals surface area contributed by atoms with Gasteiger partial charge in [-0.15, -0.1) is 22.7 Å². The van der Waals surface area contributed by atoms with E-state index in [1.54, 1.807) is 0 Å². The maximum atomic E-state index is 12.4. The van der Waals surface area contributed by atoms with Crippen molar-refractivity contribution in [2.75, 3.05) is 12.4 Å². The second-order valence-electron chi connectivity index (χ2n) is 4.96. The fourth-order valence-corrected chi connectivity index (χ4v) is 5.31. The number of rotatable bonds is 3. The van der Waals surface area contributed by atoms with Crippen LogP contribution in [0.4, 0.5) is 5.00 Å². The fourth-order valence-electron chi connectivity index (χ4n) is 2.59. The molecule has 0 bridgehead atoms. The third kappa shape index (κ3) is 2.85. The van der Waals surface area contributed by atoms with Crippen LogP contribution in [0.2, 0.25) is 0 Å². The monoisotopic (exact) mass is 399 g/mol. The summed E-state index contributed by atoms with van der Waals surface area (Å²) in [5, 5.41) is 5.33. The number of amides is 1. The van der Waals surface area contributed by atoms with Gasteiger partial charge >= 0.3 is 5.97 Å². The van der Waals surface area contributed by atoms with E-state index in [0.29, 0.717) is 15.4 Å². The number of anilines is 1. The molecule has 1 N–H and O–H groups in total. The number of esters is 1. The Bertz CT molecular complexity index is 735. The van der Waals surface area contributed by atoms with Gasteiger partial charge in [-0.2, -0.15) is 0 Å². The number of nitrogens with one attached hydrogen (secondary N) is 1. The molecule has 1 aliphatic carbocycles. The molecule has 0 saturated heterocycles. The van der Waals surface area contributed by atoms with Crippen LogP contribution in [0.5, 0.6) is 0 Å². The lowest BCUT2D eigenvalue weighted by atomic mass is 9.95. The van der Waals surface area contributed by atoms with Crippen LogP contribution >= 0.6 is 38.6 Å². The quantitative estimate of drug-likeness (QED) is 0.773. The number of aryl methyl sites for hydroxylation is 1. The molecule has 4 nitrogen and oxygen atoms in total. The Hall–Kier alpha value is -1.18. The zero-order chi connectivity index (χ0) is 15.7. The second-order valence-corrected chi connectivity index (χ2v) is 7.83. The third-order valence-corrected chi connectivity index (χ3v) is 6.65. The molecule has 0 spiro atoms. The van der Waals surface area contributed by atoms with Gasteiger partial charge in [0, 0.05) is 9.35 Å². The molecule has 0 unspecified atom stereocenters. The number of halogens is 1. The van der Waals surface area contributed by atoms with Crippen molar-refractivity contribution in [3.05, 3.63) is 36.8 Å². The summed E-state index contributed by atoms with van der Waals surface area (Å²) in [4.78, 5) is 26.3. The van der Waals surface area contributed by atoms with Gasteiger partial charge in [0.25, 0.3) is 5.91 Å². The van der Waals surface area contributed by atoms with Crippen LogP contribution in [-0.4, -0.2) is 19.0 Å². The molecule has 0 fully saturated rings. The molecule has 116 valence electrons. The van der Waals surface area contributed by atoms with Crippen molar-refractivity contribution in [1.82, 2.24) is 0 Å². The average Bonchev–Trinajstić information content (AvgIpc) is 3.09. The van der Waals surface area contributed by atoms with E-state index in [0.717, 1.165) is 35.7 Å². The number of hydrogen-bond acceptors (Lipinski definition) is 5. The van der Waals surface area contributed by atoms with Gasteiger partial charge in [0.15, 0.2) is 0 Å². The van der Waals surface area contributed by atoms with E-state index in [-0.39, 0.29) is 11.9 Å². The first-order chi connectivity index (χ1) is 10.6. The summed E-state index contributed by atoms with van der Waals surface area (Å²) in [6.45, 7) is 0. The summed E-state index contributed by atoms with van der Waals surface area (Å²) in [5.41, 5.74) is 1.58. The zero-order valence-corrected chi connectivity index (χ0v) is 15.1. The molecule has 0 aliphatic heterocycles. The Kier molecular flexibility index (Phi) is 4.65. The van der Waals surface area contributed by atoms with Crippen molar-refractivity contribution < 1.29 is 14.3 Å². The van der Waals surface area contributed by atoms with Crippen molar-refractivity contribution in [3.63, 3.8) is 0 Å². The lowest BCUT2D eigenvalue weighted by Gasteiger charge is -2.11. The van der Waals surface area contributed by atoms with Crippen LogP contribution in [0.3, 0.4) is 0 Å². The Morgan fingerprint density at radius 1 is 1.32 bits per heavy atom. The average molecular weight is 400 g/mol. The van der Waals surface area contributed by atoms with Gasteiger partial charge in [-0.25, -0.2) is 4.79 Å². The molecule has 22 heavy (non-hydrogen) atoms. The standard InChI is InChI=1S/C15H14BrNO3S2/c1-20-15(19)11-8-4-2-3-5-10(8)22-14(11)17-13(18)12-9(16)6-7-21-12/h6-7H,2-5H2,1H3,(H,17,18). The smallest absolute Gasteiger partial charge is 0.341 e. The minimum atomic E-state index is -0.375. The predicted octanol–water partition coefficient (Wildman–Crippen LogP) is 4.49. The minimum Gasteiger partial charge on any atom is -0.465 e. The number of hydrogen-bond donors (Lipinski definition) is 1. The van der Waals surface area contributed by atoms with Gasteiger partial charge in [-0.1, -0.05) is 0 Å².